The van der Waals surface area contributed by atoms with Crippen LogP contribution in [-0.2, 0) is 11.3 Å². The van der Waals surface area contributed by atoms with Crippen molar-refractivity contribution in [2.24, 2.45) is 0 Å². The molecule has 1 amide bonds. The Morgan fingerprint density at radius 3 is 2.71 bits per heavy atom. The first kappa shape index (κ1) is 19.4. The predicted octanol–water partition coefficient (Wildman–Crippen LogP) is 3.69. The first-order chi connectivity index (χ1) is 13.3. The summed E-state index contributed by atoms with van der Waals surface area (Å²) in [6, 6.07) is 9.44. The number of benzene rings is 1. The van der Waals surface area contributed by atoms with E-state index in [4.69, 9.17) is 4.74 Å². The van der Waals surface area contributed by atoms with Gasteiger partial charge < -0.3 is 15.0 Å². The molecule has 2 aromatic heterocycles. The smallest absolute Gasteiger partial charge is 0.340 e. The second kappa shape index (κ2) is 8.12. The van der Waals surface area contributed by atoms with Crippen LogP contribution in [0, 0.1) is 13.8 Å². The van der Waals surface area contributed by atoms with Crippen LogP contribution >= 0.6 is 0 Å². The van der Waals surface area contributed by atoms with E-state index < -0.39 is 5.97 Å². The van der Waals surface area contributed by atoms with Gasteiger partial charge in [-0.3, -0.25) is 9.48 Å². The third-order valence-corrected chi connectivity index (χ3v) is 4.30. The zero-order valence-electron chi connectivity index (χ0n) is 16.4. The molecule has 0 radical (unpaired) electrons. The van der Waals surface area contributed by atoms with Crippen molar-refractivity contribution in [1.82, 2.24) is 14.8 Å². The summed E-state index contributed by atoms with van der Waals surface area (Å²) in [6.45, 7) is 7.69. The van der Waals surface area contributed by atoms with Crippen LogP contribution in [0.2, 0.25) is 0 Å². The number of hydrogen-bond acceptors (Lipinski definition) is 4. The Bertz CT molecular complexity index is 987. The number of carbonyl (C=O) groups excluding carboxylic acids is 2. The first-order valence-electron chi connectivity index (χ1n) is 9.13. The number of rotatable bonds is 6. The van der Waals surface area contributed by atoms with Crippen molar-refractivity contribution in [3.8, 4) is 0 Å². The van der Waals surface area contributed by atoms with Gasteiger partial charge in [0, 0.05) is 23.8 Å². The van der Waals surface area contributed by atoms with Crippen LogP contribution in [0.4, 0.5) is 5.69 Å². The summed E-state index contributed by atoms with van der Waals surface area (Å²) in [5, 5.41) is 7.08. The number of aromatic nitrogens is 3. The molecule has 0 spiro atoms. The molecule has 0 unspecified atom stereocenters. The Kier molecular flexibility index (Phi) is 5.63. The van der Waals surface area contributed by atoms with Crippen LogP contribution in [0.3, 0.4) is 0 Å². The molecule has 2 heterocycles. The van der Waals surface area contributed by atoms with Crippen molar-refractivity contribution in [3.63, 3.8) is 0 Å². The van der Waals surface area contributed by atoms with Gasteiger partial charge in [-0.05, 0) is 57.0 Å². The maximum absolute atomic E-state index is 12.8. The van der Waals surface area contributed by atoms with E-state index in [1.807, 2.05) is 41.2 Å². The van der Waals surface area contributed by atoms with Gasteiger partial charge in [-0.1, -0.05) is 12.1 Å². The largest absolute Gasteiger partial charge is 0.459 e. The highest BCUT2D eigenvalue weighted by Gasteiger charge is 2.23. The number of nitrogens with one attached hydrogen (secondary N) is 2. The van der Waals surface area contributed by atoms with Crippen LogP contribution in [0.15, 0.2) is 42.7 Å². The number of ether oxygens (including phenoxy) is 1. The average Bonchev–Trinajstić information content (AvgIpc) is 3.22. The molecule has 0 saturated heterocycles. The molecule has 7 heteroatoms. The summed E-state index contributed by atoms with van der Waals surface area (Å²) >= 11 is 0. The van der Waals surface area contributed by atoms with E-state index in [-0.39, 0.29) is 12.0 Å². The van der Waals surface area contributed by atoms with Crippen molar-refractivity contribution in [3.05, 3.63) is 70.8 Å². The van der Waals surface area contributed by atoms with Gasteiger partial charge in [-0.2, -0.15) is 5.10 Å². The monoisotopic (exact) mass is 380 g/mol. The van der Waals surface area contributed by atoms with Crippen LogP contribution in [0.5, 0.6) is 0 Å². The molecule has 0 saturated carbocycles. The topological polar surface area (TPSA) is 89.0 Å². The minimum absolute atomic E-state index is 0.226. The molecule has 1 aromatic carbocycles. The Morgan fingerprint density at radius 2 is 2.04 bits per heavy atom. The average molecular weight is 380 g/mol. The second-order valence-electron chi connectivity index (χ2n) is 6.94. The number of esters is 1. The van der Waals surface area contributed by atoms with Crippen molar-refractivity contribution >= 4 is 17.6 Å². The number of aromatic amines is 1. The van der Waals surface area contributed by atoms with Gasteiger partial charge in [0.1, 0.15) is 5.69 Å². The molecule has 0 aliphatic carbocycles. The zero-order chi connectivity index (χ0) is 20.3. The fraction of sp³-hybridized carbons (Fsp3) is 0.286. The summed E-state index contributed by atoms with van der Waals surface area (Å²) < 4.78 is 7.09. The molecule has 28 heavy (non-hydrogen) atoms. The number of amides is 1. The number of nitrogens with zero attached hydrogens (tertiary/aromatic N) is 2. The highest BCUT2D eigenvalue weighted by atomic mass is 16.5. The van der Waals surface area contributed by atoms with Gasteiger partial charge in [-0.25, -0.2) is 4.79 Å². The van der Waals surface area contributed by atoms with Crippen molar-refractivity contribution < 1.29 is 14.3 Å². The van der Waals surface area contributed by atoms with E-state index in [1.165, 1.54) is 0 Å². The molecule has 0 atom stereocenters. The highest BCUT2D eigenvalue weighted by Crippen LogP contribution is 2.21. The molecule has 3 rings (SSSR count). The summed E-state index contributed by atoms with van der Waals surface area (Å²) in [4.78, 5) is 28.1. The normalized spacial score (nSPS) is 10.9. The highest BCUT2D eigenvalue weighted by molar-refractivity contribution is 6.06. The summed E-state index contributed by atoms with van der Waals surface area (Å²) in [6.07, 6.45) is 3.38. The van der Waals surface area contributed by atoms with E-state index in [0.29, 0.717) is 34.7 Å². The Labute approximate surface area is 163 Å². The predicted molar refractivity (Wildman–Crippen MR) is 107 cm³/mol. The van der Waals surface area contributed by atoms with Crippen molar-refractivity contribution in [2.75, 3.05) is 5.32 Å². The third-order valence-electron chi connectivity index (χ3n) is 4.30. The van der Waals surface area contributed by atoms with E-state index in [1.54, 1.807) is 33.9 Å². The Balaban J connectivity index is 1.77. The summed E-state index contributed by atoms with van der Waals surface area (Å²) in [5.41, 5.74) is 3.64. The van der Waals surface area contributed by atoms with Crippen molar-refractivity contribution in [1.29, 1.82) is 0 Å². The van der Waals surface area contributed by atoms with E-state index in [2.05, 4.69) is 15.4 Å². The SMILES string of the molecule is Cc1[nH]c(C(=O)Nc2cccc(Cn3cccn3)c2)c(C)c1C(=O)OC(C)C. The molecule has 0 bridgehead atoms. The summed E-state index contributed by atoms with van der Waals surface area (Å²) in [7, 11) is 0. The fourth-order valence-corrected chi connectivity index (χ4v) is 3.08. The number of hydrogen-bond donors (Lipinski definition) is 2. The molecule has 7 nitrogen and oxygen atoms in total. The maximum Gasteiger partial charge on any atom is 0.340 e. The minimum Gasteiger partial charge on any atom is -0.459 e. The number of anilines is 1. The minimum atomic E-state index is -0.429. The lowest BCUT2D eigenvalue weighted by molar-refractivity contribution is 0.0376. The molecular weight excluding hydrogens is 356 g/mol. The molecular formula is C21H24N4O3. The standard InChI is InChI=1S/C21H24N4O3/c1-13(2)28-21(27)18-14(3)19(23-15(18)4)20(26)24-17-8-5-7-16(11-17)12-25-10-6-9-22-25/h5-11,13,23H,12H2,1-4H3,(H,24,26). The second-order valence-corrected chi connectivity index (χ2v) is 6.94. The van der Waals surface area contributed by atoms with Crippen LogP contribution in [-0.4, -0.2) is 32.7 Å². The van der Waals surface area contributed by atoms with Crippen LogP contribution < -0.4 is 5.32 Å². The van der Waals surface area contributed by atoms with Gasteiger partial charge in [0.2, 0.25) is 0 Å². The van der Waals surface area contributed by atoms with E-state index in [0.717, 1.165) is 5.56 Å². The first-order valence-corrected chi connectivity index (χ1v) is 9.13. The fourth-order valence-electron chi connectivity index (χ4n) is 3.08. The van der Waals surface area contributed by atoms with Crippen LogP contribution in [0.1, 0.15) is 51.5 Å². The Morgan fingerprint density at radius 1 is 1.25 bits per heavy atom. The van der Waals surface area contributed by atoms with Crippen molar-refractivity contribution in [2.45, 2.75) is 40.3 Å². The molecule has 0 fully saturated rings. The molecule has 0 aliphatic rings. The number of aryl methyl sites for hydroxylation is 1. The lowest BCUT2D eigenvalue weighted by atomic mass is 10.1. The van der Waals surface area contributed by atoms with E-state index >= 15 is 0 Å². The van der Waals surface area contributed by atoms with Crippen LogP contribution in [0.25, 0.3) is 0 Å². The third kappa shape index (κ3) is 4.31. The lowest BCUT2D eigenvalue weighted by Gasteiger charge is -2.09. The lowest BCUT2D eigenvalue weighted by Crippen LogP contribution is -2.15. The number of carbonyl (C=O) groups is 2. The Hall–Kier alpha value is -3.35. The van der Waals surface area contributed by atoms with Gasteiger partial charge >= 0.3 is 5.97 Å². The maximum atomic E-state index is 12.8. The number of H-pyrrole nitrogens is 1. The summed E-state index contributed by atoms with van der Waals surface area (Å²) in [5.74, 6) is -0.734. The quantitative estimate of drug-likeness (QED) is 0.638. The van der Waals surface area contributed by atoms with Gasteiger partial charge in [-0.15, -0.1) is 0 Å². The molecule has 2 N–H and O–H groups in total. The molecule has 3 aromatic rings. The van der Waals surface area contributed by atoms with Gasteiger partial charge in [0.15, 0.2) is 0 Å². The molecule has 146 valence electrons. The van der Waals surface area contributed by atoms with Gasteiger partial charge in [0.05, 0.1) is 18.2 Å². The molecule has 0 aliphatic heterocycles. The van der Waals surface area contributed by atoms with Gasteiger partial charge in [0.25, 0.3) is 5.91 Å². The zero-order valence-corrected chi connectivity index (χ0v) is 16.4. The van der Waals surface area contributed by atoms with E-state index in [9.17, 15) is 9.59 Å².